The van der Waals surface area contributed by atoms with Crippen LogP contribution in [0.15, 0.2) is 35.4 Å². The van der Waals surface area contributed by atoms with Crippen LogP contribution in [-0.4, -0.2) is 16.6 Å². The van der Waals surface area contributed by atoms with Crippen LogP contribution >= 0.6 is 23.4 Å². The molecule has 0 aliphatic carbocycles. The van der Waals surface area contributed by atoms with Crippen LogP contribution in [0.2, 0.25) is 0 Å². The molecule has 0 amide bonds. The molecule has 0 bridgehead atoms. The Balaban J connectivity index is 2.45. The van der Waals surface area contributed by atoms with Crippen molar-refractivity contribution in [2.24, 2.45) is 0 Å². The monoisotopic (exact) mass is 262 g/mol. The number of hydrogen-bond donors (Lipinski definition) is 0. The first-order valence-electron chi connectivity index (χ1n) is 5.33. The smallest absolute Gasteiger partial charge is 0.102 e. The summed E-state index contributed by atoms with van der Waals surface area (Å²) >= 11 is 7.35. The summed E-state index contributed by atoms with van der Waals surface area (Å²) in [5, 5.41) is 10.2. The second kappa shape index (κ2) is 5.90. The van der Waals surface area contributed by atoms with E-state index in [1.54, 1.807) is 18.0 Å². The predicted molar refractivity (Wildman–Crippen MR) is 72.5 cm³/mol. The van der Waals surface area contributed by atoms with E-state index in [0.29, 0.717) is 11.4 Å². The maximum atomic E-state index is 9.11. The fourth-order valence-electron chi connectivity index (χ4n) is 1.58. The Hall–Kier alpha value is -1.24. The van der Waals surface area contributed by atoms with Gasteiger partial charge in [0.1, 0.15) is 6.07 Å². The highest BCUT2D eigenvalue weighted by Crippen LogP contribution is 2.30. The molecule has 17 heavy (non-hydrogen) atoms. The zero-order valence-electron chi connectivity index (χ0n) is 9.19. The van der Waals surface area contributed by atoms with Crippen LogP contribution in [0.4, 0.5) is 0 Å². The second-order valence-corrected chi connectivity index (χ2v) is 5.00. The number of nitrogens with zero attached hydrogens (tertiary/aromatic N) is 2. The van der Waals surface area contributed by atoms with Gasteiger partial charge in [0.15, 0.2) is 0 Å². The molecule has 4 heteroatoms. The Bertz CT molecular complexity index is 563. The van der Waals surface area contributed by atoms with E-state index in [1.807, 2.05) is 24.3 Å². The fraction of sp³-hybridized carbons (Fsp3) is 0.231. The topological polar surface area (TPSA) is 36.7 Å². The molecular formula is C13H11ClN2S. The van der Waals surface area contributed by atoms with Crippen LogP contribution in [0.5, 0.6) is 0 Å². The van der Waals surface area contributed by atoms with Gasteiger partial charge in [-0.3, -0.25) is 4.98 Å². The summed E-state index contributed by atoms with van der Waals surface area (Å²) in [6.07, 6.45) is 2.58. The van der Waals surface area contributed by atoms with Crippen molar-refractivity contribution >= 4 is 34.3 Å². The number of alkyl halides is 1. The Kier molecular flexibility index (Phi) is 4.24. The SMILES string of the molecule is N#Cc1cnc2ccccc2c1SCCCCl. The number of hydrogen-bond acceptors (Lipinski definition) is 3. The average Bonchev–Trinajstić information content (AvgIpc) is 2.39. The molecule has 2 nitrogen and oxygen atoms in total. The number of benzene rings is 1. The minimum atomic E-state index is 0.642. The Labute approximate surface area is 110 Å². The van der Waals surface area contributed by atoms with E-state index in [-0.39, 0.29) is 0 Å². The van der Waals surface area contributed by atoms with Crippen LogP contribution in [0.3, 0.4) is 0 Å². The molecule has 2 aromatic rings. The third kappa shape index (κ3) is 2.71. The van der Waals surface area contributed by atoms with Gasteiger partial charge in [-0.1, -0.05) is 18.2 Å². The van der Waals surface area contributed by atoms with Crippen molar-refractivity contribution in [3.05, 3.63) is 36.0 Å². The average molecular weight is 263 g/mol. The first-order chi connectivity index (χ1) is 8.36. The van der Waals surface area contributed by atoms with Gasteiger partial charge in [-0.05, 0) is 18.2 Å². The minimum Gasteiger partial charge on any atom is -0.255 e. The van der Waals surface area contributed by atoms with E-state index in [0.717, 1.165) is 28.0 Å². The number of halogens is 1. The standard InChI is InChI=1S/C13H11ClN2S/c14-6-3-7-17-13-10(8-15)9-16-12-5-2-1-4-11(12)13/h1-2,4-5,9H,3,6-7H2. The lowest BCUT2D eigenvalue weighted by molar-refractivity contribution is 1.11. The van der Waals surface area contributed by atoms with E-state index < -0.39 is 0 Å². The third-order valence-electron chi connectivity index (χ3n) is 2.37. The van der Waals surface area contributed by atoms with Gasteiger partial charge in [0.2, 0.25) is 0 Å². The van der Waals surface area contributed by atoms with Gasteiger partial charge < -0.3 is 0 Å². The van der Waals surface area contributed by atoms with Gasteiger partial charge in [-0.2, -0.15) is 5.26 Å². The summed E-state index contributed by atoms with van der Waals surface area (Å²) in [5.41, 5.74) is 1.57. The van der Waals surface area contributed by atoms with Crippen LogP contribution < -0.4 is 0 Å². The van der Waals surface area contributed by atoms with Crippen molar-refractivity contribution in [1.82, 2.24) is 4.98 Å². The summed E-state index contributed by atoms with van der Waals surface area (Å²) in [7, 11) is 0. The van der Waals surface area contributed by atoms with Crippen molar-refractivity contribution < 1.29 is 0 Å². The summed E-state index contributed by atoms with van der Waals surface area (Å²) in [4.78, 5) is 5.30. The Morgan fingerprint density at radius 2 is 2.18 bits per heavy atom. The lowest BCUT2D eigenvalue weighted by atomic mass is 10.2. The number of para-hydroxylation sites is 1. The van der Waals surface area contributed by atoms with Gasteiger partial charge in [-0.15, -0.1) is 23.4 Å². The Morgan fingerprint density at radius 3 is 2.94 bits per heavy atom. The molecule has 1 aromatic carbocycles. The molecule has 1 heterocycles. The first-order valence-corrected chi connectivity index (χ1v) is 6.85. The number of rotatable bonds is 4. The molecular weight excluding hydrogens is 252 g/mol. The summed E-state index contributed by atoms with van der Waals surface area (Å²) in [5.74, 6) is 1.57. The summed E-state index contributed by atoms with van der Waals surface area (Å²) in [6, 6.07) is 10.1. The van der Waals surface area contributed by atoms with Gasteiger partial charge in [0, 0.05) is 22.4 Å². The molecule has 0 fully saturated rings. The molecule has 86 valence electrons. The highest BCUT2D eigenvalue weighted by atomic mass is 35.5. The number of nitriles is 1. The third-order valence-corrected chi connectivity index (χ3v) is 3.86. The molecule has 0 N–H and O–H groups in total. The maximum Gasteiger partial charge on any atom is 0.102 e. The largest absolute Gasteiger partial charge is 0.255 e. The minimum absolute atomic E-state index is 0.642. The van der Waals surface area contributed by atoms with E-state index in [1.165, 1.54) is 0 Å². The van der Waals surface area contributed by atoms with Crippen LogP contribution in [0.25, 0.3) is 10.9 Å². The highest BCUT2D eigenvalue weighted by Gasteiger charge is 2.08. The van der Waals surface area contributed by atoms with Gasteiger partial charge in [0.25, 0.3) is 0 Å². The lowest BCUT2D eigenvalue weighted by Crippen LogP contribution is -1.90. The molecule has 1 aromatic heterocycles. The predicted octanol–water partition coefficient (Wildman–Crippen LogP) is 3.83. The van der Waals surface area contributed by atoms with Crippen molar-refractivity contribution in [1.29, 1.82) is 5.26 Å². The summed E-state index contributed by atoms with van der Waals surface area (Å²) < 4.78 is 0. The zero-order chi connectivity index (χ0) is 12.1. The number of aromatic nitrogens is 1. The lowest BCUT2D eigenvalue weighted by Gasteiger charge is -2.07. The molecule has 0 aliphatic rings. The number of pyridine rings is 1. The Morgan fingerprint density at radius 1 is 1.35 bits per heavy atom. The van der Waals surface area contributed by atoms with Crippen LogP contribution in [-0.2, 0) is 0 Å². The van der Waals surface area contributed by atoms with E-state index in [2.05, 4.69) is 11.1 Å². The van der Waals surface area contributed by atoms with Crippen LogP contribution in [0.1, 0.15) is 12.0 Å². The van der Waals surface area contributed by atoms with Gasteiger partial charge in [0.05, 0.1) is 11.1 Å². The molecule has 0 saturated carbocycles. The summed E-state index contributed by atoms with van der Waals surface area (Å²) in [6.45, 7) is 0. The number of thioether (sulfide) groups is 1. The normalized spacial score (nSPS) is 10.4. The first kappa shape index (κ1) is 12.2. The number of fused-ring (bicyclic) bond motifs is 1. The van der Waals surface area contributed by atoms with Crippen molar-refractivity contribution in [2.45, 2.75) is 11.3 Å². The molecule has 0 saturated heterocycles. The van der Waals surface area contributed by atoms with E-state index in [4.69, 9.17) is 16.9 Å². The molecule has 0 aliphatic heterocycles. The van der Waals surface area contributed by atoms with Crippen LogP contribution in [0, 0.1) is 11.3 Å². The molecule has 0 radical (unpaired) electrons. The fourth-order valence-corrected chi connectivity index (χ4v) is 2.95. The van der Waals surface area contributed by atoms with Crippen molar-refractivity contribution in [3.8, 4) is 6.07 Å². The van der Waals surface area contributed by atoms with E-state index >= 15 is 0 Å². The van der Waals surface area contributed by atoms with Crippen molar-refractivity contribution in [2.75, 3.05) is 11.6 Å². The van der Waals surface area contributed by atoms with Gasteiger partial charge in [-0.25, -0.2) is 0 Å². The van der Waals surface area contributed by atoms with Crippen molar-refractivity contribution in [3.63, 3.8) is 0 Å². The molecule has 2 rings (SSSR count). The zero-order valence-corrected chi connectivity index (χ0v) is 10.8. The maximum absolute atomic E-state index is 9.11. The second-order valence-electron chi connectivity index (χ2n) is 3.52. The molecule has 0 unspecified atom stereocenters. The molecule has 0 atom stereocenters. The molecule has 0 spiro atoms. The van der Waals surface area contributed by atoms with Gasteiger partial charge >= 0.3 is 0 Å². The quantitative estimate of drug-likeness (QED) is 0.477. The highest BCUT2D eigenvalue weighted by molar-refractivity contribution is 7.99. The van der Waals surface area contributed by atoms with E-state index in [9.17, 15) is 0 Å².